The van der Waals surface area contributed by atoms with Gasteiger partial charge in [-0.1, -0.05) is 12.1 Å². The van der Waals surface area contributed by atoms with E-state index >= 15 is 0 Å². The van der Waals surface area contributed by atoms with Crippen molar-refractivity contribution in [3.05, 3.63) is 28.7 Å². The number of amides is 1. The summed E-state index contributed by atoms with van der Waals surface area (Å²) in [6, 6.07) is 6.47. The highest BCUT2D eigenvalue weighted by atomic mass is 79.9. The molecular formula is C14H17BrN2O3S. The maximum absolute atomic E-state index is 12.4. The summed E-state index contributed by atoms with van der Waals surface area (Å²) in [6.07, 6.45) is 2.04. The van der Waals surface area contributed by atoms with Gasteiger partial charge >= 0.3 is 0 Å². The summed E-state index contributed by atoms with van der Waals surface area (Å²) < 4.78 is 29.0. The largest absolute Gasteiger partial charge is 0.338 e. The molecule has 1 aliphatic heterocycles. The zero-order valence-electron chi connectivity index (χ0n) is 11.8. The fourth-order valence-corrected chi connectivity index (χ4v) is 4.24. The van der Waals surface area contributed by atoms with Crippen LogP contribution in [0.2, 0.25) is 0 Å². The van der Waals surface area contributed by atoms with Gasteiger partial charge in [-0.25, -0.2) is 0 Å². The number of hydrogen-bond donors (Lipinski definition) is 0. The van der Waals surface area contributed by atoms with Crippen LogP contribution in [0.4, 0.5) is 0 Å². The molecule has 0 saturated carbocycles. The van der Waals surface area contributed by atoms with E-state index in [9.17, 15) is 13.2 Å². The maximum Gasteiger partial charge on any atom is 0.283 e. The quantitative estimate of drug-likeness (QED) is 0.818. The van der Waals surface area contributed by atoms with Crippen molar-refractivity contribution in [3.63, 3.8) is 0 Å². The number of halogens is 1. The van der Waals surface area contributed by atoms with Crippen molar-refractivity contribution in [1.82, 2.24) is 4.90 Å². The Morgan fingerprint density at radius 3 is 2.67 bits per heavy atom. The lowest BCUT2D eigenvalue weighted by Crippen LogP contribution is -2.35. The number of carbonyl (C=O) groups is 1. The van der Waals surface area contributed by atoms with E-state index < -0.39 is 10.0 Å². The van der Waals surface area contributed by atoms with E-state index in [1.54, 1.807) is 23.1 Å². The molecular weight excluding hydrogens is 356 g/mol. The number of rotatable bonds is 3. The average molecular weight is 373 g/mol. The van der Waals surface area contributed by atoms with Crippen LogP contribution in [0, 0.1) is 0 Å². The molecule has 1 aliphatic rings. The third-order valence-corrected chi connectivity index (χ3v) is 5.68. The van der Waals surface area contributed by atoms with Gasteiger partial charge in [-0.05, 0) is 54.2 Å². The maximum atomic E-state index is 12.4. The van der Waals surface area contributed by atoms with Gasteiger partial charge in [0.2, 0.25) is 0 Å². The van der Waals surface area contributed by atoms with Crippen LogP contribution in [0.15, 0.2) is 38.0 Å². The van der Waals surface area contributed by atoms with Crippen molar-refractivity contribution in [2.24, 2.45) is 4.40 Å². The molecule has 0 spiro atoms. The molecule has 1 aromatic rings. The number of carbonyl (C=O) groups excluding carboxylic acids is 1. The van der Waals surface area contributed by atoms with E-state index in [1.165, 1.54) is 6.07 Å². The van der Waals surface area contributed by atoms with Gasteiger partial charge in [0.15, 0.2) is 0 Å². The van der Waals surface area contributed by atoms with Crippen molar-refractivity contribution in [3.8, 4) is 0 Å². The Morgan fingerprint density at radius 2 is 2.00 bits per heavy atom. The van der Waals surface area contributed by atoms with Crippen LogP contribution in [-0.4, -0.2) is 38.0 Å². The first kappa shape index (κ1) is 16.2. The second-order valence-corrected chi connectivity index (χ2v) is 7.21. The normalized spacial score (nSPS) is 18.9. The van der Waals surface area contributed by atoms with Gasteiger partial charge in [-0.15, -0.1) is 0 Å². The van der Waals surface area contributed by atoms with Crippen molar-refractivity contribution in [1.29, 1.82) is 0 Å². The van der Waals surface area contributed by atoms with Crippen molar-refractivity contribution < 1.29 is 13.2 Å². The fourth-order valence-electron chi connectivity index (χ4n) is 2.22. The zero-order valence-corrected chi connectivity index (χ0v) is 14.2. The molecule has 0 aliphatic carbocycles. The summed E-state index contributed by atoms with van der Waals surface area (Å²) in [5.74, 6) is -0.273. The predicted octanol–water partition coefficient (Wildman–Crippen LogP) is 2.61. The van der Waals surface area contributed by atoms with Crippen LogP contribution in [0.1, 0.15) is 26.2 Å². The van der Waals surface area contributed by atoms with Gasteiger partial charge in [0.1, 0.15) is 10.6 Å². The van der Waals surface area contributed by atoms with Crippen LogP contribution in [0.3, 0.4) is 0 Å². The molecule has 1 aromatic carbocycles. The minimum atomic E-state index is -3.88. The highest BCUT2D eigenvalue weighted by molar-refractivity contribution is 9.10. The first-order valence-electron chi connectivity index (χ1n) is 6.83. The van der Waals surface area contributed by atoms with E-state index in [-0.39, 0.29) is 16.5 Å². The van der Waals surface area contributed by atoms with Crippen LogP contribution < -0.4 is 0 Å². The molecule has 1 heterocycles. The lowest BCUT2D eigenvalue weighted by Gasteiger charge is -2.17. The molecule has 114 valence electrons. The number of likely N-dealkylation sites (tertiary alicyclic amines) is 1. The van der Waals surface area contributed by atoms with E-state index in [2.05, 4.69) is 20.3 Å². The Hall–Kier alpha value is -1.21. The van der Waals surface area contributed by atoms with Gasteiger partial charge in [-0.2, -0.15) is 12.8 Å². The standard InChI is InChI=1S/C14H17BrN2O3S/c1-2-17-10-6-5-8-12(14(17)18)16-21(19,20)13-9-4-3-7-11(13)15/h3-4,7,9H,2,5-6,8,10H2,1H3/b16-12+. The molecule has 0 aromatic heterocycles. The van der Waals surface area contributed by atoms with Crippen LogP contribution in [0.25, 0.3) is 0 Å². The highest BCUT2D eigenvalue weighted by Crippen LogP contribution is 2.24. The number of benzene rings is 1. The molecule has 7 heteroatoms. The lowest BCUT2D eigenvalue weighted by molar-refractivity contribution is -0.123. The fraction of sp³-hybridized carbons (Fsp3) is 0.429. The SMILES string of the molecule is CCN1CCCC/C(=N\S(=O)(=O)c2ccccc2Br)C1=O. The Bertz CT molecular complexity index is 671. The van der Waals surface area contributed by atoms with Gasteiger partial charge in [-0.3, -0.25) is 4.79 Å². The van der Waals surface area contributed by atoms with E-state index in [0.29, 0.717) is 24.0 Å². The number of hydrogen-bond acceptors (Lipinski definition) is 3. The Balaban J connectivity index is 2.41. The smallest absolute Gasteiger partial charge is 0.283 e. The Labute approximate surface area is 133 Å². The highest BCUT2D eigenvalue weighted by Gasteiger charge is 2.25. The summed E-state index contributed by atoms with van der Waals surface area (Å²) in [7, 11) is -3.88. The first-order chi connectivity index (χ1) is 9.95. The minimum Gasteiger partial charge on any atom is -0.338 e. The topological polar surface area (TPSA) is 66.8 Å². The average Bonchev–Trinajstić information content (AvgIpc) is 2.61. The van der Waals surface area contributed by atoms with Gasteiger partial charge < -0.3 is 4.90 Å². The van der Waals surface area contributed by atoms with Gasteiger partial charge in [0.25, 0.3) is 15.9 Å². The van der Waals surface area contributed by atoms with Gasteiger partial charge in [0.05, 0.1) is 0 Å². The van der Waals surface area contributed by atoms with E-state index in [1.807, 2.05) is 6.92 Å². The molecule has 1 amide bonds. The van der Waals surface area contributed by atoms with Crippen molar-refractivity contribution >= 4 is 37.6 Å². The summed E-state index contributed by atoms with van der Waals surface area (Å²) in [5, 5.41) is 0. The molecule has 5 nitrogen and oxygen atoms in total. The molecule has 1 fully saturated rings. The molecule has 1 saturated heterocycles. The monoisotopic (exact) mass is 372 g/mol. The molecule has 0 N–H and O–H groups in total. The molecule has 21 heavy (non-hydrogen) atoms. The molecule has 0 radical (unpaired) electrons. The number of sulfonamides is 1. The summed E-state index contributed by atoms with van der Waals surface area (Å²) >= 11 is 3.21. The van der Waals surface area contributed by atoms with E-state index in [4.69, 9.17) is 0 Å². The van der Waals surface area contributed by atoms with Crippen molar-refractivity contribution in [2.45, 2.75) is 31.1 Å². The second-order valence-electron chi connectivity index (χ2n) is 4.79. The van der Waals surface area contributed by atoms with E-state index in [0.717, 1.165) is 12.8 Å². The summed E-state index contributed by atoms with van der Waals surface area (Å²) in [4.78, 5) is 14.0. The third kappa shape index (κ3) is 3.71. The third-order valence-electron chi connectivity index (χ3n) is 3.35. The molecule has 0 bridgehead atoms. The van der Waals surface area contributed by atoms with Gasteiger partial charge in [0, 0.05) is 17.6 Å². The Kier molecular flexibility index (Phi) is 5.16. The summed E-state index contributed by atoms with van der Waals surface area (Å²) in [6.45, 7) is 3.10. The zero-order chi connectivity index (χ0) is 15.5. The van der Waals surface area contributed by atoms with Crippen LogP contribution in [-0.2, 0) is 14.8 Å². The van der Waals surface area contributed by atoms with Crippen LogP contribution in [0.5, 0.6) is 0 Å². The summed E-state index contributed by atoms with van der Waals surface area (Å²) in [5.41, 5.74) is 0.130. The molecule has 2 rings (SSSR count). The predicted molar refractivity (Wildman–Crippen MR) is 84.9 cm³/mol. The van der Waals surface area contributed by atoms with Crippen molar-refractivity contribution in [2.75, 3.05) is 13.1 Å². The minimum absolute atomic E-state index is 0.0811. The number of nitrogens with zero attached hydrogens (tertiary/aromatic N) is 2. The second kappa shape index (κ2) is 6.70. The molecule has 0 unspecified atom stereocenters. The Morgan fingerprint density at radius 1 is 1.29 bits per heavy atom. The molecule has 0 atom stereocenters. The first-order valence-corrected chi connectivity index (χ1v) is 9.06. The lowest BCUT2D eigenvalue weighted by atomic mass is 10.2. The van der Waals surface area contributed by atoms with Crippen LogP contribution >= 0.6 is 15.9 Å².